The van der Waals surface area contributed by atoms with Gasteiger partial charge in [0.2, 0.25) is 0 Å². The number of hydrogen-bond donors (Lipinski definition) is 2. The normalized spacial score (nSPS) is 11.8. The van der Waals surface area contributed by atoms with Crippen molar-refractivity contribution >= 4 is 17.5 Å². The second-order valence-electron chi connectivity index (χ2n) is 5.41. The van der Waals surface area contributed by atoms with Crippen molar-refractivity contribution in [3.63, 3.8) is 0 Å². The molecule has 10 heteroatoms. The number of benzene rings is 2. The molecule has 4 nitrogen and oxygen atoms in total. The van der Waals surface area contributed by atoms with Crippen molar-refractivity contribution in [1.29, 1.82) is 0 Å². The molecule has 2 aromatic rings. The van der Waals surface area contributed by atoms with E-state index in [1.807, 2.05) is 0 Å². The summed E-state index contributed by atoms with van der Waals surface area (Å²) in [5.74, 6) is -2.72. The predicted molar refractivity (Wildman–Crippen MR) is 83.7 cm³/mol. The Labute approximate surface area is 149 Å². The summed E-state index contributed by atoms with van der Waals surface area (Å²) in [6.45, 7) is -0.356. The van der Waals surface area contributed by atoms with E-state index in [-0.39, 0.29) is 17.8 Å². The topological polar surface area (TPSA) is 58.2 Å². The second-order valence-corrected chi connectivity index (χ2v) is 5.41. The van der Waals surface area contributed by atoms with Crippen LogP contribution in [0.4, 0.5) is 32.0 Å². The molecule has 0 fully saturated rings. The van der Waals surface area contributed by atoms with Crippen LogP contribution in [0.3, 0.4) is 0 Å². The van der Waals surface area contributed by atoms with Gasteiger partial charge in [0.05, 0.1) is 5.56 Å². The largest absolute Gasteiger partial charge is 0.471 e. The third-order valence-corrected chi connectivity index (χ3v) is 3.40. The number of amides is 2. The first-order chi connectivity index (χ1) is 12.5. The first kappa shape index (κ1) is 20.3. The molecule has 2 amide bonds. The number of carbonyl (C=O) groups is 2. The predicted octanol–water partition coefficient (Wildman–Crippen LogP) is 4.14. The fourth-order valence-electron chi connectivity index (χ4n) is 2.00. The summed E-state index contributed by atoms with van der Waals surface area (Å²) >= 11 is 0. The third kappa shape index (κ3) is 5.73. The maximum Gasteiger partial charge on any atom is 0.471 e. The van der Waals surface area contributed by atoms with Gasteiger partial charge in [-0.2, -0.15) is 26.3 Å². The molecule has 0 bridgehead atoms. The van der Waals surface area contributed by atoms with Crippen molar-refractivity contribution < 1.29 is 35.9 Å². The number of rotatable bonds is 4. The van der Waals surface area contributed by atoms with E-state index in [4.69, 9.17) is 0 Å². The minimum Gasteiger partial charge on any atom is -0.344 e. The summed E-state index contributed by atoms with van der Waals surface area (Å²) in [7, 11) is 0. The lowest BCUT2D eigenvalue weighted by molar-refractivity contribution is -0.173. The van der Waals surface area contributed by atoms with Gasteiger partial charge in [-0.05, 0) is 42.0 Å². The maximum atomic E-state index is 12.5. The smallest absolute Gasteiger partial charge is 0.344 e. The van der Waals surface area contributed by atoms with E-state index in [0.717, 1.165) is 24.3 Å². The molecular formula is C17H12F6N2O2. The quantitative estimate of drug-likeness (QED) is 0.772. The molecule has 27 heavy (non-hydrogen) atoms. The Kier molecular flexibility index (Phi) is 5.77. The van der Waals surface area contributed by atoms with Gasteiger partial charge in [0.15, 0.2) is 0 Å². The second kappa shape index (κ2) is 7.68. The van der Waals surface area contributed by atoms with Crippen molar-refractivity contribution in [1.82, 2.24) is 5.32 Å². The zero-order chi connectivity index (χ0) is 20.2. The van der Waals surface area contributed by atoms with Crippen LogP contribution in [0, 0.1) is 0 Å². The highest BCUT2D eigenvalue weighted by atomic mass is 19.4. The summed E-state index contributed by atoms with van der Waals surface area (Å²) in [5, 5.41) is 4.14. The Hall–Kier alpha value is -3.04. The number of hydrogen-bond acceptors (Lipinski definition) is 2. The number of nitrogens with one attached hydrogen (secondary N) is 2. The van der Waals surface area contributed by atoms with Crippen LogP contribution in [0.25, 0.3) is 0 Å². The molecule has 144 valence electrons. The van der Waals surface area contributed by atoms with Gasteiger partial charge < -0.3 is 10.6 Å². The molecule has 0 radical (unpaired) electrons. The van der Waals surface area contributed by atoms with Crippen LogP contribution in [-0.2, 0) is 17.5 Å². The molecule has 0 aliphatic rings. The lowest BCUT2D eigenvalue weighted by Crippen LogP contribution is -2.36. The molecule has 0 aliphatic carbocycles. The first-order valence-electron chi connectivity index (χ1n) is 7.39. The Morgan fingerprint density at radius 3 is 1.85 bits per heavy atom. The lowest BCUT2D eigenvalue weighted by atomic mass is 10.1. The van der Waals surface area contributed by atoms with Gasteiger partial charge in [0.25, 0.3) is 5.91 Å². The Balaban J connectivity index is 1.96. The molecule has 2 N–H and O–H groups in total. The summed E-state index contributed by atoms with van der Waals surface area (Å²) in [6.07, 6.45) is -9.48. The lowest BCUT2D eigenvalue weighted by Gasteiger charge is -2.10. The number of anilines is 1. The van der Waals surface area contributed by atoms with Gasteiger partial charge in [-0.1, -0.05) is 12.1 Å². The van der Waals surface area contributed by atoms with E-state index in [2.05, 4.69) is 5.32 Å². The summed E-state index contributed by atoms with van der Waals surface area (Å²) < 4.78 is 73.7. The SMILES string of the molecule is O=C(Nc1ccc(CNC(=O)C(F)(F)F)cc1)c1ccc(C(F)(F)F)cc1. The van der Waals surface area contributed by atoms with Gasteiger partial charge in [-0.15, -0.1) is 0 Å². The minimum atomic E-state index is -4.98. The van der Waals surface area contributed by atoms with Crippen molar-refractivity contribution in [2.45, 2.75) is 18.9 Å². The molecule has 0 unspecified atom stereocenters. The molecule has 2 aromatic carbocycles. The fourth-order valence-corrected chi connectivity index (χ4v) is 2.00. The third-order valence-electron chi connectivity index (χ3n) is 3.40. The van der Waals surface area contributed by atoms with Gasteiger partial charge in [-0.3, -0.25) is 9.59 Å². The van der Waals surface area contributed by atoms with Crippen LogP contribution in [-0.4, -0.2) is 18.0 Å². The highest BCUT2D eigenvalue weighted by Crippen LogP contribution is 2.29. The highest BCUT2D eigenvalue weighted by Gasteiger charge is 2.38. The molecule has 2 rings (SSSR count). The van der Waals surface area contributed by atoms with Crippen LogP contribution < -0.4 is 10.6 Å². The molecular weight excluding hydrogens is 378 g/mol. The Morgan fingerprint density at radius 1 is 0.815 bits per heavy atom. The summed E-state index contributed by atoms with van der Waals surface area (Å²) in [4.78, 5) is 22.7. The number of carbonyl (C=O) groups excluding carboxylic acids is 2. The van der Waals surface area contributed by atoms with E-state index in [0.29, 0.717) is 5.56 Å². The average Bonchev–Trinajstić information content (AvgIpc) is 2.59. The summed E-state index contributed by atoms with van der Waals surface area (Å²) in [5.41, 5.74) is -0.236. The van der Waals surface area contributed by atoms with E-state index in [1.165, 1.54) is 24.3 Å². The van der Waals surface area contributed by atoms with Crippen LogP contribution in [0.5, 0.6) is 0 Å². The van der Waals surface area contributed by atoms with Crippen LogP contribution in [0.2, 0.25) is 0 Å². The number of alkyl halides is 6. The molecule has 0 atom stereocenters. The van der Waals surface area contributed by atoms with Gasteiger partial charge >= 0.3 is 18.3 Å². The van der Waals surface area contributed by atoms with E-state index in [9.17, 15) is 35.9 Å². The Bertz CT molecular complexity index is 811. The van der Waals surface area contributed by atoms with Gasteiger partial charge in [0, 0.05) is 17.8 Å². The van der Waals surface area contributed by atoms with Crippen LogP contribution >= 0.6 is 0 Å². The van der Waals surface area contributed by atoms with Crippen molar-refractivity contribution in [3.8, 4) is 0 Å². The standard InChI is InChI=1S/C17H12F6N2O2/c18-16(19,20)12-5-3-11(4-6-12)14(26)25-13-7-1-10(2-8-13)9-24-15(27)17(21,22)23/h1-8H,9H2,(H,24,27)(H,25,26). The average molecular weight is 390 g/mol. The zero-order valence-electron chi connectivity index (χ0n) is 13.4. The molecule has 0 aliphatic heterocycles. The maximum absolute atomic E-state index is 12.5. The van der Waals surface area contributed by atoms with Crippen LogP contribution in [0.15, 0.2) is 48.5 Å². The monoisotopic (exact) mass is 390 g/mol. The first-order valence-corrected chi connectivity index (χ1v) is 7.39. The number of halogens is 6. The molecule has 0 spiro atoms. The van der Waals surface area contributed by atoms with Crippen molar-refractivity contribution in [2.24, 2.45) is 0 Å². The van der Waals surface area contributed by atoms with Gasteiger partial charge in [-0.25, -0.2) is 0 Å². The van der Waals surface area contributed by atoms with Crippen LogP contribution in [0.1, 0.15) is 21.5 Å². The van der Waals surface area contributed by atoms with Crippen molar-refractivity contribution in [2.75, 3.05) is 5.32 Å². The summed E-state index contributed by atoms with van der Waals surface area (Å²) in [6, 6.07) is 9.16. The van der Waals surface area contributed by atoms with E-state index < -0.39 is 29.7 Å². The zero-order valence-corrected chi connectivity index (χ0v) is 13.4. The Morgan fingerprint density at radius 2 is 1.37 bits per heavy atom. The van der Waals surface area contributed by atoms with E-state index in [1.54, 1.807) is 5.32 Å². The molecule has 0 saturated heterocycles. The highest BCUT2D eigenvalue weighted by molar-refractivity contribution is 6.04. The fraction of sp³-hybridized carbons (Fsp3) is 0.176. The van der Waals surface area contributed by atoms with Crippen molar-refractivity contribution in [3.05, 3.63) is 65.2 Å². The molecule has 0 saturated carbocycles. The molecule has 0 aromatic heterocycles. The molecule has 0 heterocycles. The van der Waals surface area contributed by atoms with E-state index >= 15 is 0 Å². The minimum absolute atomic E-state index is 0.00418. The van der Waals surface area contributed by atoms with Gasteiger partial charge in [0.1, 0.15) is 0 Å².